The van der Waals surface area contributed by atoms with Crippen LogP contribution in [-0.4, -0.2) is 0 Å². The number of ether oxygens (including phenoxy) is 1. The lowest BCUT2D eigenvalue weighted by atomic mass is 9.97. The van der Waals surface area contributed by atoms with E-state index in [4.69, 9.17) is 16.3 Å². The molecule has 1 nitrogen and oxygen atoms in total. The molecule has 3 rings (SSSR count). The zero-order valence-corrected chi connectivity index (χ0v) is 11.1. The fraction of sp³-hybridized carbons (Fsp3) is 0.250. The zero-order valence-electron chi connectivity index (χ0n) is 10.3. The summed E-state index contributed by atoms with van der Waals surface area (Å²) in [5.41, 5.74) is 6.11. The number of halogens is 1. The lowest BCUT2D eigenvalue weighted by Gasteiger charge is -2.14. The van der Waals surface area contributed by atoms with E-state index in [0.717, 1.165) is 12.2 Å². The molecule has 2 heteroatoms. The largest absolute Gasteiger partial charge is 0.372 e. The summed E-state index contributed by atoms with van der Waals surface area (Å²) in [6.07, 6.45) is 0. The molecule has 0 aliphatic carbocycles. The fourth-order valence-corrected chi connectivity index (χ4v) is 2.78. The van der Waals surface area contributed by atoms with Crippen molar-refractivity contribution in [2.45, 2.75) is 25.5 Å². The average Bonchev–Trinajstić information content (AvgIpc) is 2.85. The Balaban J connectivity index is 1.98. The molecule has 2 aromatic carbocycles. The third-order valence-corrected chi connectivity index (χ3v) is 3.99. The van der Waals surface area contributed by atoms with Crippen molar-refractivity contribution in [3.8, 4) is 0 Å². The topological polar surface area (TPSA) is 9.23 Å². The van der Waals surface area contributed by atoms with Gasteiger partial charge in [0.25, 0.3) is 0 Å². The van der Waals surface area contributed by atoms with Gasteiger partial charge in [-0.3, -0.25) is 0 Å². The Hall–Kier alpha value is -1.31. The van der Waals surface area contributed by atoms with Gasteiger partial charge in [-0.1, -0.05) is 42.5 Å². The van der Waals surface area contributed by atoms with Gasteiger partial charge < -0.3 is 4.74 Å². The third kappa shape index (κ3) is 2.05. The number of hydrogen-bond acceptors (Lipinski definition) is 1. The van der Waals surface area contributed by atoms with Gasteiger partial charge in [0, 0.05) is 0 Å². The van der Waals surface area contributed by atoms with E-state index < -0.39 is 0 Å². The van der Waals surface area contributed by atoms with Crippen molar-refractivity contribution in [3.05, 3.63) is 70.3 Å². The molecule has 0 radical (unpaired) electrons. The molecule has 0 saturated heterocycles. The van der Waals surface area contributed by atoms with Crippen molar-refractivity contribution in [2.24, 2.45) is 0 Å². The predicted molar refractivity (Wildman–Crippen MR) is 73.8 cm³/mol. The number of aryl methyl sites for hydroxylation is 1. The van der Waals surface area contributed by atoms with Crippen LogP contribution in [0.5, 0.6) is 0 Å². The number of rotatable bonds is 2. The molecule has 1 unspecified atom stereocenters. The molecule has 0 fully saturated rings. The molecule has 0 bridgehead atoms. The highest BCUT2D eigenvalue weighted by molar-refractivity contribution is 6.22. The van der Waals surface area contributed by atoms with Crippen molar-refractivity contribution in [3.63, 3.8) is 0 Å². The van der Waals surface area contributed by atoms with Crippen LogP contribution in [0.3, 0.4) is 0 Å². The summed E-state index contributed by atoms with van der Waals surface area (Å²) in [7, 11) is 0. The molecule has 18 heavy (non-hydrogen) atoms. The molecule has 0 amide bonds. The second kappa shape index (κ2) is 4.75. The quantitative estimate of drug-likeness (QED) is 0.728. The Bertz CT molecular complexity index is 577. The molecule has 2 aromatic rings. The van der Waals surface area contributed by atoms with E-state index in [-0.39, 0.29) is 5.38 Å². The van der Waals surface area contributed by atoms with Gasteiger partial charge in [0.05, 0.1) is 18.6 Å². The molecule has 1 aliphatic rings. The Kier molecular flexibility index (Phi) is 3.11. The maximum atomic E-state index is 6.60. The van der Waals surface area contributed by atoms with E-state index >= 15 is 0 Å². The van der Waals surface area contributed by atoms with Crippen molar-refractivity contribution in [1.82, 2.24) is 0 Å². The van der Waals surface area contributed by atoms with E-state index in [2.05, 4.69) is 37.3 Å². The van der Waals surface area contributed by atoms with Crippen LogP contribution in [0.4, 0.5) is 0 Å². The lowest BCUT2D eigenvalue weighted by molar-refractivity contribution is 0.134. The van der Waals surface area contributed by atoms with E-state index in [0.29, 0.717) is 6.61 Å². The molecule has 1 atom stereocenters. The van der Waals surface area contributed by atoms with Gasteiger partial charge in [0.15, 0.2) is 0 Å². The predicted octanol–water partition coefficient (Wildman–Crippen LogP) is 4.35. The summed E-state index contributed by atoms with van der Waals surface area (Å²) in [5.74, 6) is 0. The Morgan fingerprint density at radius 3 is 2.67 bits per heavy atom. The zero-order chi connectivity index (χ0) is 12.5. The second-order valence-electron chi connectivity index (χ2n) is 4.74. The first-order chi connectivity index (χ1) is 8.75. The molecule has 0 aromatic heterocycles. The Labute approximate surface area is 112 Å². The fourth-order valence-electron chi connectivity index (χ4n) is 2.40. The first kappa shape index (κ1) is 11.8. The summed E-state index contributed by atoms with van der Waals surface area (Å²) in [5, 5.41) is -0.0860. The minimum Gasteiger partial charge on any atom is -0.372 e. The normalized spacial score (nSPS) is 15.4. The maximum absolute atomic E-state index is 6.60. The van der Waals surface area contributed by atoms with Crippen molar-refractivity contribution in [1.29, 1.82) is 0 Å². The molecule has 1 aliphatic heterocycles. The first-order valence-electron chi connectivity index (χ1n) is 6.15. The van der Waals surface area contributed by atoms with Gasteiger partial charge in [-0.05, 0) is 34.7 Å². The van der Waals surface area contributed by atoms with Crippen LogP contribution in [0.15, 0.2) is 42.5 Å². The molecule has 0 spiro atoms. The summed E-state index contributed by atoms with van der Waals surface area (Å²) >= 11 is 6.60. The van der Waals surface area contributed by atoms with E-state index in [1.807, 2.05) is 12.1 Å². The third-order valence-electron chi connectivity index (χ3n) is 3.50. The minimum absolute atomic E-state index is 0.0860. The maximum Gasteiger partial charge on any atom is 0.0838 e. The second-order valence-corrected chi connectivity index (χ2v) is 5.18. The standard InChI is InChI=1S/C16H15ClO/c1-11-4-2-3-5-15(11)16(17)12-6-7-13-9-18-10-14(13)8-12/h2-8,16H,9-10H2,1H3. The molecule has 0 N–H and O–H groups in total. The van der Waals surface area contributed by atoms with Crippen LogP contribution >= 0.6 is 11.6 Å². The van der Waals surface area contributed by atoms with Crippen molar-refractivity contribution in [2.75, 3.05) is 0 Å². The van der Waals surface area contributed by atoms with Crippen LogP contribution in [0, 0.1) is 6.92 Å². The van der Waals surface area contributed by atoms with Gasteiger partial charge >= 0.3 is 0 Å². The van der Waals surface area contributed by atoms with E-state index in [1.165, 1.54) is 22.3 Å². The van der Waals surface area contributed by atoms with Gasteiger partial charge in [-0.25, -0.2) is 0 Å². The first-order valence-corrected chi connectivity index (χ1v) is 6.58. The SMILES string of the molecule is Cc1ccccc1C(Cl)c1ccc2c(c1)COC2. The molecule has 1 heterocycles. The van der Waals surface area contributed by atoms with Crippen LogP contribution in [-0.2, 0) is 18.0 Å². The highest BCUT2D eigenvalue weighted by atomic mass is 35.5. The lowest BCUT2D eigenvalue weighted by Crippen LogP contribution is -1.97. The summed E-state index contributed by atoms with van der Waals surface area (Å²) in [4.78, 5) is 0. The van der Waals surface area contributed by atoms with Gasteiger partial charge in [-0.2, -0.15) is 0 Å². The van der Waals surface area contributed by atoms with Gasteiger partial charge in [0.2, 0.25) is 0 Å². The van der Waals surface area contributed by atoms with E-state index in [9.17, 15) is 0 Å². The van der Waals surface area contributed by atoms with Crippen LogP contribution < -0.4 is 0 Å². The van der Waals surface area contributed by atoms with Crippen LogP contribution in [0.1, 0.15) is 33.2 Å². The monoisotopic (exact) mass is 258 g/mol. The summed E-state index contributed by atoms with van der Waals surface area (Å²) < 4.78 is 5.44. The van der Waals surface area contributed by atoms with E-state index in [1.54, 1.807) is 0 Å². The molecular weight excluding hydrogens is 244 g/mol. The molecular formula is C16H15ClO. The number of hydrogen-bond donors (Lipinski definition) is 0. The number of alkyl halides is 1. The van der Waals surface area contributed by atoms with Crippen molar-refractivity contribution < 1.29 is 4.74 Å². The van der Waals surface area contributed by atoms with Gasteiger partial charge in [-0.15, -0.1) is 11.6 Å². The number of benzene rings is 2. The minimum atomic E-state index is -0.0860. The average molecular weight is 259 g/mol. The summed E-state index contributed by atoms with van der Waals surface area (Å²) in [6.45, 7) is 3.54. The smallest absolute Gasteiger partial charge is 0.0838 e. The molecule has 0 saturated carbocycles. The van der Waals surface area contributed by atoms with Crippen LogP contribution in [0.25, 0.3) is 0 Å². The van der Waals surface area contributed by atoms with Crippen molar-refractivity contribution >= 4 is 11.6 Å². The number of fused-ring (bicyclic) bond motifs is 1. The highest BCUT2D eigenvalue weighted by Crippen LogP contribution is 2.33. The highest BCUT2D eigenvalue weighted by Gasteiger charge is 2.17. The Morgan fingerprint density at radius 2 is 1.83 bits per heavy atom. The molecule has 92 valence electrons. The summed E-state index contributed by atoms with van der Waals surface area (Å²) in [6, 6.07) is 14.7. The van der Waals surface area contributed by atoms with Gasteiger partial charge in [0.1, 0.15) is 0 Å². The Morgan fingerprint density at radius 1 is 1.06 bits per heavy atom. The van der Waals surface area contributed by atoms with Crippen LogP contribution in [0.2, 0.25) is 0 Å².